The second-order valence-corrected chi connectivity index (χ2v) is 5.91. The summed E-state index contributed by atoms with van der Waals surface area (Å²) in [6.07, 6.45) is 5.42. The van der Waals surface area contributed by atoms with Crippen molar-refractivity contribution in [3.63, 3.8) is 0 Å². The maximum atomic E-state index is 12.9. The lowest BCUT2D eigenvalue weighted by atomic mass is 9.94. The predicted octanol–water partition coefficient (Wildman–Crippen LogP) is 2.60. The van der Waals surface area contributed by atoms with Crippen LogP contribution in [0.4, 0.5) is 0 Å². The van der Waals surface area contributed by atoms with Gasteiger partial charge in [0.1, 0.15) is 11.4 Å². The number of nitrogens with zero attached hydrogens (tertiary/aromatic N) is 4. The highest BCUT2D eigenvalue weighted by Gasteiger charge is 2.28. The summed E-state index contributed by atoms with van der Waals surface area (Å²) < 4.78 is 5.50. The minimum absolute atomic E-state index is 0.0259. The highest BCUT2D eigenvalue weighted by Crippen LogP contribution is 2.27. The predicted molar refractivity (Wildman–Crippen MR) is 90.1 cm³/mol. The zero-order valence-electron chi connectivity index (χ0n) is 14.1. The largest absolute Gasteiger partial charge is 0.477 e. The van der Waals surface area contributed by atoms with E-state index in [2.05, 4.69) is 15.0 Å². The molecule has 0 aromatic carbocycles. The van der Waals surface area contributed by atoms with Crippen LogP contribution in [0.1, 0.15) is 47.6 Å². The SMILES string of the molecule is CCOc1ncccc1C(=O)N1CCC[C@H](c2ccnc(C)n2)C1. The third-order valence-electron chi connectivity index (χ3n) is 4.21. The first-order chi connectivity index (χ1) is 11.7. The molecule has 0 saturated carbocycles. The van der Waals surface area contributed by atoms with Gasteiger partial charge in [-0.1, -0.05) is 0 Å². The summed E-state index contributed by atoms with van der Waals surface area (Å²) in [6, 6.07) is 5.49. The lowest BCUT2D eigenvalue weighted by molar-refractivity contribution is 0.0700. The Bertz CT molecular complexity index is 720. The maximum absolute atomic E-state index is 12.9. The van der Waals surface area contributed by atoms with E-state index >= 15 is 0 Å². The lowest BCUT2D eigenvalue weighted by Crippen LogP contribution is -2.39. The van der Waals surface area contributed by atoms with E-state index in [-0.39, 0.29) is 11.8 Å². The van der Waals surface area contributed by atoms with Crippen molar-refractivity contribution in [2.45, 2.75) is 32.6 Å². The quantitative estimate of drug-likeness (QED) is 0.864. The first-order valence-electron chi connectivity index (χ1n) is 8.35. The molecule has 0 unspecified atom stereocenters. The number of hydrogen-bond acceptors (Lipinski definition) is 5. The molecule has 1 saturated heterocycles. The number of rotatable bonds is 4. The molecule has 1 atom stereocenters. The molecule has 3 rings (SSSR count). The van der Waals surface area contributed by atoms with E-state index in [4.69, 9.17) is 4.74 Å². The van der Waals surface area contributed by atoms with Gasteiger partial charge in [-0.25, -0.2) is 15.0 Å². The van der Waals surface area contributed by atoms with Crippen LogP contribution in [0.15, 0.2) is 30.6 Å². The number of hydrogen-bond donors (Lipinski definition) is 0. The van der Waals surface area contributed by atoms with Crippen molar-refractivity contribution in [1.82, 2.24) is 19.9 Å². The number of likely N-dealkylation sites (tertiary alicyclic amines) is 1. The maximum Gasteiger partial charge on any atom is 0.259 e. The first kappa shape index (κ1) is 16.4. The lowest BCUT2D eigenvalue weighted by Gasteiger charge is -2.32. The van der Waals surface area contributed by atoms with Crippen LogP contribution in [0.3, 0.4) is 0 Å². The molecule has 0 bridgehead atoms. The monoisotopic (exact) mass is 326 g/mol. The van der Waals surface area contributed by atoms with Gasteiger partial charge in [0.15, 0.2) is 0 Å². The number of amides is 1. The number of aromatic nitrogens is 3. The van der Waals surface area contributed by atoms with Crippen LogP contribution in [-0.4, -0.2) is 45.5 Å². The van der Waals surface area contributed by atoms with E-state index in [0.717, 1.165) is 30.9 Å². The van der Waals surface area contributed by atoms with Crippen molar-refractivity contribution in [2.24, 2.45) is 0 Å². The summed E-state index contributed by atoms with van der Waals surface area (Å²) in [5.41, 5.74) is 1.54. The first-order valence-corrected chi connectivity index (χ1v) is 8.35. The second kappa shape index (κ2) is 7.38. The Balaban J connectivity index is 1.78. The van der Waals surface area contributed by atoms with Crippen LogP contribution in [0, 0.1) is 6.92 Å². The molecular weight excluding hydrogens is 304 g/mol. The van der Waals surface area contributed by atoms with E-state index in [9.17, 15) is 4.79 Å². The number of ether oxygens (including phenoxy) is 1. The van der Waals surface area contributed by atoms with Crippen LogP contribution in [0.5, 0.6) is 5.88 Å². The molecule has 0 N–H and O–H groups in total. The minimum atomic E-state index is -0.0259. The van der Waals surface area contributed by atoms with Crippen molar-refractivity contribution in [1.29, 1.82) is 0 Å². The smallest absolute Gasteiger partial charge is 0.259 e. The summed E-state index contributed by atoms with van der Waals surface area (Å²) >= 11 is 0. The molecule has 3 heterocycles. The normalized spacial score (nSPS) is 17.6. The van der Waals surface area contributed by atoms with Crippen LogP contribution in [0.25, 0.3) is 0 Å². The fraction of sp³-hybridized carbons (Fsp3) is 0.444. The van der Waals surface area contributed by atoms with Crippen molar-refractivity contribution in [2.75, 3.05) is 19.7 Å². The number of pyridine rings is 1. The van der Waals surface area contributed by atoms with E-state index in [0.29, 0.717) is 24.6 Å². The van der Waals surface area contributed by atoms with Crippen LogP contribution in [0.2, 0.25) is 0 Å². The zero-order valence-corrected chi connectivity index (χ0v) is 14.1. The molecule has 6 nitrogen and oxygen atoms in total. The van der Waals surface area contributed by atoms with Gasteiger partial charge in [-0.05, 0) is 44.9 Å². The van der Waals surface area contributed by atoms with Gasteiger partial charge in [0.05, 0.1) is 6.61 Å². The number of aryl methyl sites for hydroxylation is 1. The third-order valence-corrected chi connectivity index (χ3v) is 4.21. The Morgan fingerprint density at radius 3 is 3.00 bits per heavy atom. The molecule has 1 fully saturated rings. The van der Waals surface area contributed by atoms with Crippen LogP contribution >= 0.6 is 0 Å². The summed E-state index contributed by atoms with van der Waals surface area (Å²) in [5.74, 6) is 1.39. The Kier molecular flexibility index (Phi) is 5.03. The summed E-state index contributed by atoms with van der Waals surface area (Å²) in [7, 11) is 0. The molecule has 1 aliphatic heterocycles. The molecule has 0 aliphatic carbocycles. The average Bonchev–Trinajstić information content (AvgIpc) is 2.62. The van der Waals surface area contributed by atoms with Crippen LogP contribution < -0.4 is 4.74 Å². The minimum Gasteiger partial charge on any atom is -0.477 e. The molecule has 0 spiro atoms. The van der Waals surface area contributed by atoms with E-state index in [1.807, 2.05) is 24.8 Å². The van der Waals surface area contributed by atoms with Gasteiger partial charge in [0.25, 0.3) is 5.91 Å². The molecular formula is C18H22N4O2. The standard InChI is InChI=1S/C18H22N4O2/c1-3-24-17-15(7-4-9-20-17)18(23)22-11-5-6-14(12-22)16-8-10-19-13(2)21-16/h4,7-10,14H,3,5-6,11-12H2,1-2H3/t14-/m0/s1. The molecule has 2 aromatic heterocycles. The van der Waals surface area contributed by atoms with Gasteiger partial charge in [-0.3, -0.25) is 4.79 Å². The van der Waals surface area contributed by atoms with E-state index in [1.54, 1.807) is 24.5 Å². The number of piperidine rings is 1. The topological polar surface area (TPSA) is 68.2 Å². The fourth-order valence-corrected chi connectivity index (χ4v) is 3.08. The molecule has 24 heavy (non-hydrogen) atoms. The third kappa shape index (κ3) is 3.53. The number of carbonyl (C=O) groups excluding carboxylic acids is 1. The molecule has 1 aliphatic rings. The highest BCUT2D eigenvalue weighted by atomic mass is 16.5. The number of carbonyl (C=O) groups is 1. The van der Waals surface area contributed by atoms with Crippen LogP contribution in [-0.2, 0) is 0 Å². The van der Waals surface area contributed by atoms with Crippen molar-refractivity contribution in [3.05, 3.63) is 47.7 Å². The summed E-state index contributed by atoms with van der Waals surface area (Å²) in [6.45, 7) is 5.67. The molecule has 1 amide bonds. The van der Waals surface area contributed by atoms with Gasteiger partial charge < -0.3 is 9.64 Å². The molecule has 0 radical (unpaired) electrons. The Labute approximate surface area is 141 Å². The van der Waals surface area contributed by atoms with E-state index in [1.165, 1.54) is 0 Å². The van der Waals surface area contributed by atoms with Gasteiger partial charge in [0.2, 0.25) is 5.88 Å². The van der Waals surface area contributed by atoms with E-state index < -0.39 is 0 Å². The second-order valence-electron chi connectivity index (χ2n) is 5.91. The van der Waals surface area contributed by atoms with Gasteiger partial charge in [-0.15, -0.1) is 0 Å². The van der Waals surface area contributed by atoms with Gasteiger partial charge >= 0.3 is 0 Å². The van der Waals surface area contributed by atoms with Crippen molar-refractivity contribution in [3.8, 4) is 5.88 Å². The van der Waals surface area contributed by atoms with Gasteiger partial charge in [-0.2, -0.15) is 0 Å². The Morgan fingerprint density at radius 2 is 2.21 bits per heavy atom. The molecule has 6 heteroatoms. The highest BCUT2D eigenvalue weighted by molar-refractivity contribution is 5.96. The fourth-order valence-electron chi connectivity index (χ4n) is 3.08. The summed E-state index contributed by atoms with van der Waals surface area (Å²) in [4.78, 5) is 27.7. The summed E-state index contributed by atoms with van der Waals surface area (Å²) in [5, 5.41) is 0. The van der Waals surface area contributed by atoms with Gasteiger partial charge in [0, 0.05) is 37.1 Å². The Morgan fingerprint density at radius 1 is 1.33 bits per heavy atom. The molecule has 126 valence electrons. The Hall–Kier alpha value is -2.50. The average molecular weight is 326 g/mol. The zero-order chi connectivity index (χ0) is 16.9. The van der Waals surface area contributed by atoms with Crippen molar-refractivity contribution >= 4 is 5.91 Å². The van der Waals surface area contributed by atoms with Crippen molar-refractivity contribution < 1.29 is 9.53 Å². The molecule has 2 aromatic rings.